The average molecular weight is 229 g/mol. The molecule has 0 bridgehead atoms. The third kappa shape index (κ3) is 2.39. The summed E-state index contributed by atoms with van der Waals surface area (Å²) in [6, 6.07) is 6.64. The molecular weight excluding hydrogens is 218 g/mol. The van der Waals surface area contributed by atoms with Gasteiger partial charge in [0.15, 0.2) is 0 Å². The van der Waals surface area contributed by atoms with Crippen molar-refractivity contribution in [2.24, 2.45) is 0 Å². The number of H-pyrrole nitrogens is 1. The number of anilines is 1. The van der Waals surface area contributed by atoms with Gasteiger partial charge in [-0.1, -0.05) is 0 Å². The van der Waals surface area contributed by atoms with Gasteiger partial charge in [-0.15, -0.1) is 0 Å². The van der Waals surface area contributed by atoms with Crippen LogP contribution in [-0.2, 0) is 0 Å². The monoisotopic (exact) mass is 229 g/mol. The highest BCUT2D eigenvalue weighted by Crippen LogP contribution is 2.11. The fraction of sp³-hybridized carbons (Fsp3) is 0.0833. The lowest BCUT2D eigenvalue weighted by Crippen LogP contribution is -2.12. The molecule has 5 heteroatoms. The van der Waals surface area contributed by atoms with Crippen molar-refractivity contribution in [3.8, 4) is 0 Å². The van der Waals surface area contributed by atoms with E-state index in [0.717, 1.165) is 6.29 Å². The van der Waals surface area contributed by atoms with Crippen molar-refractivity contribution in [2.75, 3.05) is 5.32 Å². The number of aryl methyl sites for hydroxylation is 1. The van der Waals surface area contributed by atoms with Gasteiger partial charge in [0.1, 0.15) is 6.29 Å². The SMILES string of the molecule is Cc1[nH]ncc1C(=O)Nc1ccc(C=O)cc1. The molecule has 0 radical (unpaired) electrons. The summed E-state index contributed by atoms with van der Waals surface area (Å²) < 4.78 is 0. The Kier molecular flexibility index (Phi) is 3.00. The number of hydrogen-bond donors (Lipinski definition) is 2. The second-order valence-corrected chi connectivity index (χ2v) is 3.60. The number of benzene rings is 1. The highest BCUT2D eigenvalue weighted by Gasteiger charge is 2.10. The number of aromatic nitrogens is 2. The van der Waals surface area contributed by atoms with Gasteiger partial charge in [0.05, 0.1) is 11.8 Å². The minimum absolute atomic E-state index is 0.227. The summed E-state index contributed by atoms with van der Waals surface area (Å²) in [4.78, 5) is 22.3. The van der Waals surface area contributed by atoms with Crippen molar-refractivity contribution >= 4 is 17.9 Å². The Morgan fingerprint density at radius 2 is 2.06 bits per heavy atom. The van der Waals surface area contributed by atoms with E-state index >= 15 is 0 Å². The molecule has 0 spiro atoms. The summed E-state index contributed by atoms with van der Waals surface area (Å²) in [5, 5.41) is 9.20. The molecule has 2 aromatic rings. The van der Waals surface area contributed by atoms with Crippen LogP contribution >= 0.6 is 0 Å². The van der Waals surface area contributed by atoms with E-state index in [-0.39, 0.29) is 5.91 Å². The molecule has 0 atom stereocenters. The Morgan fingerprint density at radius 1 is 1.35 bits per heavy atom. The molecule has 1 aromatic carbocycles. The second-order valence-electron chi connectivity index (χ2n) is 3.60. The molecule has 0 aliphatic rings. The van der Waals surface area contributed by atoms with Gasteiger partial charge in [0.25, 0.3) is 5.91 Å². The standard InChI is InChI=1S/C12H11N3O2/c1-8-11(6-13-15-8)12(17)14-10-4-2-9(7-16)3-5-10/h2-7H,1H3,(H,13,15)(H,14,17). The Balaban J connectivity index is 2.13. The third-order valence-electron chi connectivity index (χ3n) is 2.38. The fourth-order valence-corrected chi connectivity index (χ4v) is 1.42. The van der Waals surface area contributed by atoms with Gasteiger partial charge in [0, 0.05) is 16.9 Å². The number of hydrogen-bond acceptors (Lipinski definition) is 3. The molecular formula is C12H11N3O2. The number of aromatic amines is 1. The topological polar surface area (TPSA) is 74.8 Å². The number of amides is 1. The van der Waals surface area contributed by atoms with Crippen LogP contribution in [0.25, 0.3) is 0 Å². The number of nitrogens with one attached hydrogen (secondary N) is 2. The quantitative estimate of drug-likeness (QED) is 0.788. The van der Waals surface area contributed by atoms with E-state index in [1.165, 1.54) is 6.20 Å². The molecule has 0 aliphatic carbocycles. The molecule has 86 valence electrons. The second kappa shape index (κ2) is 4.61. The number of aldehydes is 1. The fourth-order valence-electron chi connectivity index (χ4n) is 1.42. The van der Waals surface area contributed by atoms with Crippen LogP contribution < -0.4 is 5.32 Å². The number of carbonyl (C=O) groups is 2. The smallest absolute Gasteiger partial charge is 0.259 e. The molecule has 17 heavy (non-hydrogen) atoms. The maximum absolute atomic E-state index is 11.8. The predicted octanol–water partition coefficient (Wildman–Crippen LogP) is 1.78. The van der Waals surface area contributed by atoms with Gasteiger partial charge in [-0.3, -0.25) is 14.7 Å². The van der Waals surface area contributed by atoms with Crippen LogP contribution in [0.2, 0.25) is 0 Å². The molecule has 0 fully saturated rings. The first-order valence-corrected chi connectivity index (χ1v) is 5.07. The largest absolute Gasteiger partial charge is 0.322 e. The molecule has 0 saturated carbocycles. The molecule has 0 aliphatic heterocycles. The van der Waals surface area contributed by atoms with Crippen LogP contribution in [0, 0.1) is 6.92 Å². The first-order chi connectivity index (χ1) is 8.20. The zero-order valence-electron chi connectivity index (χ0n) is 9.23. The van der Waals surface area contributed by atoms with Crippen LogP contribution in [0.5, 0.6) is 0 Å². The van der Waals surface area contributed by atoms with Crippen molar-refractivity contribution in [2.45, 2.75) is 6.92 Å². The lowest BCUT2D eigenvalue weighted by molar-refractivity contribution is 0.102. The maximum atomic E-state index is 11.8. The van der Waals surface area contributed by atoms with Crippen molar-refractivity contribution in [3.63, 3.8) is 0 Å². The van der Waals surface area contributed by atoms with Crippen LogP contribution in [-0.4, -0.2) is 22.4 Å². The first-order valence-electron chi connectivity index (χ1n) is 5.07. The van der Waals surface area contributed by atoms with E-state index in [9.17, 15) is 9.59 Å². The first kappa shape index (κ1) is 11.1. The number of carbonyl (C=O) groups excluding carboxylic acids is 2. The van der Waals surface area contributed by atoms with Crippen LogP contribution in [0.15, 0.2) is 30.5 Å². The van der Waals surface area contributed by atoms with Gasteiger partial charge in [-0.25, -0.2) is 0 Å². The molecule has 2 rings (SSSR count). The summed E-state index contributed by atoms with van der Waals surface area (Å²) in [6.45, 7) is 1.78. The Bertz CT molecular complexity index is 543. The highest BCUT2D eigenvalue weighted by atomic mass is 16.1. The normalized spacial score (nSPS) is 9.94. The molecule has 1 amide bonds. The molecule has 0 unspecified atom stereocenters. The predicted molar refractivity (Wildman–Crippen MR) is 63.1 cm³/mol. The van der Waals surface area contributed by atoms with E-state index in [0.29, 0.717) is 22.5 Å². The van der Waals surface area contributed by atoms with E-state index in [2.05, 4.69) is 15.5 Å². The van der Waals surface area contributed by atoms with E-state index < -0.39 is 0 Å². The number of nitrogens with zero attached hydrogens (tertiary/aromatic N) is 1. The summed E-state index contributed by atoms with van der Waals surface area (Å²) in [7, 11) is 0. The molecule has 0 saturated heterocycles. The summed E-state index contributed by atoms with van der Waals surface area (Å²) in [5.41, 5.74) is 2.43. The zero-order chi connectivity index (χ0) is 12.3. The summed E-state index contributed by atoms with van der Waals surface area (Å²) >= 11 is 0. The highest BCUT2D eigenvalue weighted by molar-refractivity contribution is 6.04. The van der Waals surface area contributed by atoms with Crippen LogP contribution in [0.4, 0.5) is 5.69 Å². The summed E-state index contributed by atoms with van der Waals surface area (Å²) in [5.74, 6) is -0.227. The lowest BCUT2D eigenvalue weighted by Gasteiger charge is -2.04. The Hall–Kier alpha value is -2.43. The van der Waals surface area contributed by atoms with Gasteiger partial charge in [0.2, 0.25) is 0 Å². The van der Waals surface area contributed by atoms with Crippen molar-refractivity contribution < 1.29 is 9.59 Å². The third-order valence-corrected chi connectivity index (χ3v) is 2.38. The average Bonchev–Trinajstić information content (AvgIpc) is 2.76. The van der Waals surface area contributed by atoms with Crippen molar-refractivity contribution in [1.29, 1.82) is 0 Å². The zero-order valence-corrected chi connectivity index (χ0v) is 9.23. The molecule has 1 heterocycles. The van der Waals surface area contributed by atoms with Crippen molar-refractivity contribution in [1.82, 2.24) is 10.2 Å². The molecule has 1 aromatic heterocycles. The Labute approximate surface area is 97.9 Å². The molecule has 2 N–H and O–H groups in total. The van der Waals surface area contributed by atoms with Gasteiger partial charge < -0.3 is 5.32 Å². The van der Waals surface area contributed by atoms with E-state index in [1.54, 1.807) is 31.2 Å². The minimum Gasteiger partial charge on any atom is -0.322 e. The van der Waals surface area contributed by atoms with E-state index in [4.69, 9.17) is 0 Å². The van der Waals surface area contributed by atoms with Gasteiger partial charge in [-0.2, -0.15) is 5.10 Å². The number of rotatable bonds is 3. The Morgan fingerprint density at radius 3 is 2.59 bits per heavy atom. The maximum Gasteiger partial charge on any atom is 0.259 e. The lowest BCUT2D eigenvalue weighted by atomic mass is 10.2. The van der Waals surface area contributed by atoms with Gasteiger partial charge >= 0.3 is 0 Å². The minimum atomic E-state index is -0.227. The summed E-state index contributed by atoms with van der Waals surface area (Å²) in [6.07, 6.45) is 2.23. The molecule has 5 nitrogen and oxygen atoms in total. The van der Waals surface area contributed by atoms with Crippen LogP contribution in [0.3, 0.4) is 0 Å². The van der Waals surface area contributed by atoms with Gasteiger partial charge in [-0.05, 0) is 31.2 Å². The van der Waals surface area contributed by atoms with E-state index in [1.807, 2.05) is 0 Å². The van der Waals surface area contributed by atoms with Crippen molar-refractivity contribution in [3.05, 3.63) is 47.3 Å². The van der Waals surface area contributed by atoms with Crippen LogP contribution in [0.1, 0.15) is 26.4 Å².